The zero-order valence-electron chi connectivity index (χ0n) is 11.8. The number of thioether (sulfide) groups is 1. The Morgan fingerprint density at radius 2 is 2.10 bits per heavy atom. The number of aryl methyl sites for hydroxylation is 2. The average Bonchev–Trinajstić information content (AvgIpc) is 3.02. The molecule has 4 nitrogen and oxygen atoms in total. The molecule has 2 aliphatic rings. The maximum absolute atomic E-state index is 11.9. The molecule has 1 atom stereocenters. The molecule has 114 valence electrons. The summed E-state index contributed by atoms with van der Waals surface area (Å²) in [7, 11) is -2.86. The van der Waals surface area contributed by atoms with Crippen molar-refractivity contribution in [3.63, 3.8) is 0 Å². The van der Waals surface area contributed by atoms with E-state index in [2.05, 4.69) is 17.4 Å². The number of sulfone groups is 1. The van der Waals surface area contributed by atoms with Crippen molar-refractivity contribution in [3.8, 4) is 0 Å². The summed E-state index contributed by atoms with van der Waals surface area (Å²) in [6.45, 7) is 0. The van der Waals surface area contributed by atoms with Crippen LogP contribution in [0, 0.1) is 0 Å². The number of fused-ring (bicyclic) bond motifs is 1. The fraction of sp³-hybridized carbons (Fsp3) is 0.533. The van der Waals surface area contributed by atoms with Crippen molar-refractivity contribution in [1.82, 2.24) is 0 Å². The fourth-order valence-corrected chi connectivity index (χ4v) is 6.38. The summed E-state index contributed by atoms with van der Waals surface area (Å²) < 4.78 is 22.7. The number of anilines is 1. The van der Waals surface area contributed by atoms with E-state index in [4.69, 9.17) is 0 Å². The highest BCUT2D eigenvalue weighted by Crippen LogP contribution is 2.26. The van der Waals surface area contributed by atoms with Crippen molar-refractivity contribution >= 4 is 33.2 Å². The molecular weight excluding hydrogens is 306 g/mol. The van der Waals surface area contributed by atoms with Crippen LogP contribution in [0.1, 0.15) is 24.0 Å². The van der Waals surface area contributed by atoms with Crippen LogP contribution in [0.25, 0.3) is 0 Å². The first kappa shape index (κ1) is 14.9. The molecule has 1 saturated heterocycles. The number of carbonyl (C=O) groups excluding carboxylic acids is 1. The second-order valence-corrected chi connectivity index (χ2v) is 9.24. The van der Waals surface area contributed by atoms with Crippen LogP contribution in [-0.2, 0) is 27.5 Å². The smallest absolute Gasteiger partial charge is 0.234 e. The molecule has 0 radical (unpaired) electrons. The summed E-state index contributed by atoms with van der Waals surface area (Å²) in [6, 6.07) is 6.10. The first-order valence-electron chi connectivity index (χ1n) is 7.25. The first-order valence-corrected chi connectivity index (χ1v) is 10.1. The van der Waals surface area contributed by atoms with Gasteiger partial charge in [0.2, 0.25) is 5.91 Å². The molecule has 1 fully saturated rings. The monoisotopic (exact) mass is 325 g/mol. The molecule has 0 spiro atoms. The number of benzene rings is 1. The third-order valence-corrected chi connectivity index (χ3v) is 7.30. The Bertz CT molecular complexity index is 655. The van der Waals surface area contributed by atoms with Gasteiger partial charge in [0.15, 0.2) is 9.84 Å². The average molecular weight is 325 g/mol. The van der Waals surface area contributed by atoms with Gasteiger partial charge in [-0.3, -0.25) is 4.79 Å². The SMILES string of the molecule is O=C(CSC1CCS(=O)(=O)C1)Nc1ccc2c(c1)CCC2. The summed E-state index contributed by atoms with van der Waals surface area (Å²) in [5.74, 6) is 0.736. The van der Waals surface area contributed by atoms with E-state index in [-0.39, 0.29) is 22.7 Å². The molecule has 3 rings (SSSR count). The molecule has 1 amide bonds. The summed E-state index contributed by atoms with van der Waals surface area (Å²) in [5, 5.41) is 2.98. The molecule has 1 aromatic rings. The predicted octanol–water partition coefficient (Wildman–Crippen LogP) is 2.03. The Kier molecular flexibility index (Phi) is 4.26. The summed E-state index contributed by atoms with van der Waals surface area (Å²) in [6.07, 6.45) is 4.08. The van der Waals surface area contributed by atoms with Gasteiger partial charge in [0.25, 0.3) is 0 Å². The molecule has 1 N–H and O–H groups in total. The molecule has 1 aliphatic heterocycles. The summed E-state index contributed by atoms with van der Waals surface area (Å²) in [4.78, 5) is 11.9. The number of carbonyl (C=O) groups is 1. The van der Waals surface area contributed by atoms with Gasteiger partial charge in [0.05, 0.1) is 17.3 Å². The zero-order valence-corrected chi connectivity index (χ0v) is 13.4. The van der Waals surface area contributed by atoms with Gasteiger partial charge in [-0.05, 0) is 48.9 Å². The van der Waals surface area contributed by atoms with Crippen LogP contribution in [0.2, 0.25) is 0 Å². The van der Waals surface area contributed by atoms with E-state index in [1.165, 1.54) is 29.3 Å². The lowest BCUT2D eigenvalue weighted by Crippen LogP contribution is -2.17. The van der Waals surface area contributed by atoms with Gasteiger partial charge in [0.1, 0.15) is 0 Å². The van der Waals surface area contributed by atoms with Crippen LogP contribution >= 0.6 is 11.8 Å². The highest BCUT2D eigenvalue weighted by molar-refractivity contribution is 8.02. The van der Waals surface area contributed by atoms with Crippen molar-refractivity contribution in [3.05, 3.63) is 29.3 Å². The number of hydrogen-bond donors (Lipinski definition) is 1. The van der Waals surface area contributed by atoms with E-state index in [0.29, 0.717) is 12.2 Å². The Labute approximate surface area is 129 Å². The third-order valence-electron chi connectivity index (χ3n) is 4.02. The second kappa shape index (κ2) is 6.01. The van der Waals surface area contributed by atoms with E-state index >= 15 is 0 Å². The van der Waals surface area contributed by atoms with Gasteiger partial charge in [-0.1, -0.05) is 6.07 Å². The van der Waals surface area contributed by atoms with E-state index < -0.39 is 9.84 Å². The van der Waals surface area contributed by atoms with Crippen LogP contribution in [0.3, 0.4) is 0 Å². The highest BCUT2D eigenvalue weighted by Gasteiger charge is 2.28. The molecule has 0 aromatic heterocycles. The highest BCUT2D eigenvalue weighted by atomic mass is 32.2. The van der Waals surface area contributed by atoms with Gasteiger partial charge in [-0.25, -0.2) is 8.42 Å². The molecule has 21 heavy (non-hydrogen) atoms. The van der Waals surface area contributed by atoms with E-state index in [9.17, 15) is 13.2 Å². The number of amides is 1. The second-order valence-electron chi connectivity index (χ2n) is 5.72. The molecule has 1 heterocycles. The van der Waals surface area contributed by atoms with E-state index in [1.54, 1.807) is 0 Å². The molecule has 0 saturated carbocycles. The van der Waals surface area contributed by atoms with E-state index in [0.717, 1.165) is 18.5 Å². The summed E-state index contributed by atoms with van der Waals surface area (Å²) >= 11 is 1.45. The van der Waals surface area contributed by atoms with Crippen molar-refractivity contribution < 1.29 is 13.2 Å². The van der Waals surface area contributed by atoms with Gasteiger partial charge in [-0.2, -0.15) is 0 Å². The predicted molar refractivity (Wildman–Crippen MR) is 86.6 cm³/mol. The topological polar surface area (TPSA) is 63.2 Å². The largest absolute Gasteiger partial charge is 0.325 e. The Morgan fingerprint density at radius 1 is 1.29 bits per heavy atom. The molecule has 1 unspecified atom stereocenters. The molecule has 0 bridgehead atoms. The van der Waals surface area contributed by atoms with Crippen molar-refractivity contribution in [1.29, 1.82) is 0 Å². The van der Waals surface area contributed by atoms with Crippen LogP contribution in [0.5, 0.6) is 0 Å². The van der Waals surface area contributed by atoms with Crippen LogP contribution in [-0.4, -0.2) is 36.8 Å². The van der Waals surface area contributed by atoms with Crippen molar-refractivity contribution in [2.24, 2.45) is 0 Å². The Morgan fingerprint density at radius 3 is 2.86 bits per heavy atom. The Hall–Kier alpha value is -1.01. The maximum atomic E-state index is 11.9. The van der Waals surface area contributed by atoms with E-state index in [1.807, 2.05) is 6.07 Å². The number of rotatable bonds is 4. The Balaban J connectivity index is 1.50. The van der Waals surface area contributed by atoms with Gasteiger partial charge >= 0.3 is 0 Å². The van der Waals surface area contributed by atoms with Crippen LogP contribution < -0.4 is 5.32 Å². The zero-order chi connectivity index (χ0) is 14.9. The van der Waals surface area contributed by atoms with Crippen molar-refractivity contribution in [2.75, 3.05) is 22.6 Å². The van der Waals surface area contributed by atoms with Gasteiger partial charge in [0, 0.05) is 10.9 Å². The lowest BCUT2D eigenvalue weighted by Gasteiger charge is -2.09. The fourth-order valence-electron chi connectivity index (χ4n) is 2.93. The summed E-state index contributed by atoms with van der Waals surface area (Å²) in [5.41, 5.74) is 3.57. The molecule has 1 aromatic carbocycles. The lowest BCUT2D eigenvalue weighted by atomic mass is 10.1. The minimum Gasteiger partial charge on any atom is -0.325 e. The first-order chi connectivity index (χ1) is 10.0. The quantitative estimate of drug-likeness (QED) is 0.920. The number of hydrogen-bond acceptors (Lipinski definition) is 4. The number of nitrogens with one attached hydrogen (secondary N) is 1. The standard InChI is InChI=1S/C15H19NO3S2/c17-15(9-20-14-6-7-21(18,19)10-14)16-13-5-4-11-2-1-3-12(11)8-13/h4-5,8,14H,1-3,6-7,9-10H2,(H,16,17). The third kappa shape index (κ3) is 3.80. The molecule has 1 aliphatic carbocycles. The molecule has 6 heteroatoms. The van der Waals surface area contributed by atoms with Crippen molar-refractivity contribution in [2.45, 2.75) is 30.9 Å². The lowest BCUT2D eigenvalue weighted by molar-refractivity contribution is -0.113. The minimum absolute atomic E-state index is 0.0535. The van der Waals surface area contributed by atoms with Gasteiger partial charge in [-0.15, -0.1) is 11.8 Å². The minimum atomic E-state index is -2.86. The normalized spacial score (nSPS) is 23.0. The molecular formula is C15H19NO3S2. The van der Waals surface area contributed by atoms with Gasteiger partial charge < -0.3 is 5.32 Å². The van der Waals surface area contributed by atoms with Crippen LogP contribution in [0.15, 0.2) is 18.2 Å². The maximum Gasteiger partial charge on any atom is 0.234 e. The van der Waals surface area contributed by atoms with Crippen LogP contribution in [0.4, 0.5) is 5.69 Å².